The summed E-state index contributed by atoms with van der Waals surface area (Å²) in [5.41, 5.74) is 12.9. The lowest BCUT2D eigenvalue weighted by atomic mass is 9.81. The molecule has 4 aromatic carbocycles. The monoisotopic (exact) mass is 860 g/mol. The van der Waals surface area contributed by atoms with Crippen LogP contribution < -0.4 is 47.1 Å². The standard InChI is InChI=1S/2C23H27N2.2ClHO4/c2*1-23(2)20-11-7-8-12-21(20)25(5)22(23)13-9-6-10-18-14-16-19(17-15-18)24(3)4;2*2-1(3,4)5/h2*6-17H,1-5H3;2*(H,2,3,4,5)/q2*+1;;/p-2. The molecule has 0 saturated heterocycles. The number of fused-ring (bicyclic) bond motifs is 2. The molecule has 0 aliphatic carbocycles. The number of nitrogens with zero attached hydrogens (tertiary/aromatic N) is 4. The van der Waals surface area contributed by atoms with Crippen molar-refractivity contribution in [2.45, 2.75) is 38.5 Å². The van der Waals surface area contributed by atoms with Crippen LogP contribution >= 0.6 is 0 Å². The molecular weight excluding hydrogens is 807 g/mol. The van der Waals surface area contributed by atoms with E-state index in [1.54, 1.807) is 0 Å². The second-order valence-corrected chi connectivity index (χ2v) is 16.8. The molecule has 0 saturated carbocycles. The average molecular weight is 862 g/mol. The highest BCUT2D eigenvalue weighted by atomic mass is 35.7. The van der Waals surface area contributed by atoms with Crippen molar-refractivity contribution < 1.29 is 66.9 Å². The molecule has 2 heterocycles. The maximum Gasteiger partial charge on any atom is 0.209 e. The predicted octanol–water partition coefficient (Wildman–Crippen LogP) is 0.544. The fourth-order valence-corrected chi connectivity index (χ4v) is 7.00. The Kier molecular flexibility index (Phi) is 17.3. The van der Waals surface area contributed by atoms with Gasteiger partial charge in [-0.25, -0.2) is 37.3 Å². The van der Waals surface area contributed by atoms with Crippen LogP contribution in [0.4, 0.5) is 22.7 Å². The first-order valence-electron chi connectivity index (χ1n) is 18.7. The van der Waals surface area contributed by atoms with Gasteiger partial charge in [0.1, 0.15) is 14.1 Å². The number of benzene rings is 4. The molecule has 0 amide bonds. The Morgan fingerprint density at radius 3 is 0.967 bits per heavy atom. The Balaban J connectivity index is 0.000000262. The molecule has 0 N–H and O–H groups in total. The maximum atomic E-state index is 8.49. The van der Waals surface area contributed by atoms with E-state index >= 15 is 0 Å². The van der Waals surface area contributed by atoms with Gasteiger partial charge in [0.25, 0.3) is 0 Å². The molecular formula is C46H54Cl2N4O8. The molecule has 0 unspecified atom stereocenters. The molecule has 14 heteroatoms. The van der Waals surface area contributed by atoms with Crippen molar-refractivity contribution in [1.29, 1.82) is 0 Å². The highest BCUT2D eigenvalue weighted by Crippen LogP contribution is 2.40. The Hall–Kier alpha value is -4.96. The first-order chi connectivity index (χ1) is 27.8. The van der Waals surface area contributed by atoms with E-state index in [1.807, 2.05) is 0 Å². The van der Waals surface area contributed by atoms with Crippen molar-refractivity contribution in [2.24, 2.45) is 0 Å². The van der Waals surface area contributed by atoms with Crippen LogP contribution in [0.1, 0.15) is 49.9 Å². The van der Waals surface area contributed by atoms with E-state index < -0.39 is 20.5 Å². The third-order valence-electron chi connectivity index (χ3n) is 10.0. The molecule has 0 spiro atoms. The molecule has 12 nitrogen and oxygen atoms in total. The van der Waals surface area contributed by atoms with Gasteiger partial charge in [0, 0.05) is 75.0 Å². The van der Waals surface area contributed by atoms with Crippen molar-refractivity contribution in [3.05, 3.63) is 156 Å². The van der Waals surface area contributed by atoms with Crippen molar-refractivity contribution >= 4 is 46.3 Å². The van der Waals surface area contributed by atoms with Crippen LogP contribution in [-0.2, 0) is 10.8 Å². The van der Waals surface area contributed by atoms with E-state index in [1.165, 1.54) is 56.4 Å². The summed E-state index contributed by atoms with van der Waals surface area (Å²) < 4.78 is 72.5. The smallest absolute Gasteiger partial charge is 0.209 e. The lowest BCUT2D eigenvalue weighted by Gasteiger charge is -2.17. The minimum Gasteiger partial charge on any atom is -0.378 e. The Morgan fingerprint density at radius 1 is 0.433 bits per heavy atom. The summed E-state index contributed by atoms with van der Waals surface area (Å²) in [6.45, 7) is 9.16. The summed E-state index contributed by atoms with van der Waals surface area (Å²) in [6.07, 6.45) is 17.3. The summed E-state index contributed by atoms with van der Waals surface area (Å²) in [5.74, 6) is 0. The van der Waals surface area contributed by atoms with Gasteiger partial charge in [-0.3, -0.25) is 0 Å². The number of rotatable bonds is 8. The number of para-hydroxylation sites is 2. The molecule has 6 rings (SSSR count). The Labute approximate surface area is 358 Å². The minimum absolute atomic E-state index is 0.0308. The normalized spacial score (nSPS) is 15.4. The Morgan fingerprint density at radius 2 is 0.700 bits per heavy atom. The molecule has 0 aromatic heterocycles. The van der Waals surface area contributed by atoms with E-state index in [0.717, 1.165) is 0 Å². The highest BCUT2D eigenvalue weighted by molar-refractivity contribution is 6.03. The van der Waals surface area contributed by atoms with Crippen LogP contribution in [0.5, 0.6) is 0 Å². The van der Waals surface area contributed by atoms with Crippen molar-refractivity contribution in [3.63, 3.8) is 0 Å². The number of halogens is 2. The van der Waals surface area contributed by atoms with Gasteiger partial charge in [0.15, 0.2) is 11.4 Å². The van der Waals surface area contributed by atoms with E-state index in [4.69, 9.17) is 37.3 Å². The number of hydrogen-bond donors (Lipinski definition) is 0. The zero-order valence-corrected chi connectivity index (χ0v) is 37.2. The summed E-state index contributed by atoms with van der Waals surface area (Å²) in [5, 5.41) is 0. The lowest BCUT2D eigenvalue weighted by molar-refractivity contribution is -2.00. The Bertz CT molecular complexity index is 2060. The van der Waals surface area contributed by atoms with E-state index in [9.17, 15) is 0 Å². The molecule has 0 bridgehead atoms. The second-order valence-electron chi connectivity index (χ2n) is 15.3. The third-order valence-corrected chi connectivity index (χ3v) is 10.0. The molecule has 2 aliphatic heterocycles. The van der Waals surface area contributed by atoms with Gasteiger partial charge in [0.05, 0.1) is 10.8 Å². The fourth-order valence-electron chi connectivity index (χ4n) is 7.00. The van der Waals surface area contributed by atoms with Crippen LogP contribution in [0, 0.1) is 20.5 Å². The van der Waals surface area contributed by atoms with Gasteiger partial charge in [-0.1, -0.05) is 97.1 Å². The van der Waals surface area contributed by atoms with E-state index in [2.05, 4.69) is 235 Å². The molecule has 0 fully saturated rings. The predicted molar refractivity (Wildman–Crippen MR) is 219 cm³/mol. The maximum absolute atomic E-state index is 8.49. The molecule has 60 heavy (non-hydrogen) atoms. The fraction of sp³-hybridized carbons (Fsp3) is 0.261. The van der Waals surface area contributed by atoms with E-state index in [0.29, 0.717) is 0 Å². The third kappa shape index (κ3) is 14.6. The first-order valence-corrected chi connectivity index (χ1v) is 21.2. The van der Waals surface area contributed by atoms with Crippen LogP contribution in [0.15, 0.2) is 134 Å². The summed E-state index contributed by atoms with van der Waals surface area (Å²) in [4.78, 5) is 4.22. The molecule has 0 atom stereocenters. The first kappa shape index (κ1) is 49.4. The summed E-state index contributed by atoms with van der Waals surface area (Å²) >= 11 is 0. The highest BCUT2D eigenvalue weighted by Gasteiger charge is 2.43. The quantitative estimate of drug-likeness (QED) is 0.178. The number of anilines is 2. The van der Waals surface area contributed by atoms with Crippen LogP contribution in [0.3, 0.4) is 0 Å². The molecule has 4 aromatic rings. The van der Waals surface area contributed by atoms with Crippen molar-refractivity contribution in [3.8, 4) is 0 Å². The minimum atomic E-state index is -4.94. The second kappa shape index (κ2) is 21.0. The van der Waals surface area contributed by atoms with Gasteiger partial charge in [-0.15, -0.1) is 20.5 Å². The largest absolute Gasteiger partial charge is 0.378 e. The van der Waals surface area contributed by atoms with Gasteiger partial charge in [-0.2, -0.15) is 9.15 Å². The lowest BCUT2D eigenvalue weighted by Crippen LogP contribution is -2.68. The summed E-state index contributed by atoms with van der Waals surface area (Å²) in [6, 6.07) is 34.5. The molecule has 2 aliphatic rings. The van der Waals surface area contributed by atoms with Crippen molar-refractivity contribution in [1.82, 2.24) is 0 Å². The SMILES string of the molecule is CN(C)c1ccc(C=CC=CC2=[N+](C)c3ccccc3C2(C)C)cc1.CN(C)c1ccc(C=CC=CC2=[N+](C)c3ccccc3C2(C)C)cc1.[O-][Cl+3]([O-])([O-])[O-].[O-][Cl+3]([O-])([O-])[O-]. The topological polar surface area (TPSA) is 197 Å². The average Bonchev–Trinajstić information content (AvgIpc) is 3.48. The molecule has 0 radical (unpaired) electrons. The zero-order chi connectivity index (χ0) is 45.1. The van der Waals surface area contributed by atoms with Crippen LogP contribution in [-0.4, -0.2) is 62.9 Å². The zero-order valence-electron chi connectivity index (χ0n) is 35.7. The van der Waals surface area contributed by atoms with Gasteiger partial charge in [0.2, 0.25) is 11.4 Å². The molecule has 320 valence electrons. The number of hydrogen-bond acceptors (Lipinski definition) is 10. The van der Waals surface area contributed by atoms with E-state index in [-0.39, 0.29) is 10.8 Å². The van der Waals surface area contributed by atoms with Gasteiger partial charge >= 0.3 is 0 Å². The summed E-state index contributed by atoms with van der Waals surface area (Å²) in [7, 11) is 2.64. The van der Waals surface area contributed by atoms with Crippen LogP contribution in [0.2, 0.25) is 0 Å². The van der Waals surface area contributed by atoms with Gasteiger partial charge in [-0.05, 0) is 63.1 Å². The number of allylic oxidation sites excluding steroid dienone is 6. The van der Waals surface area contributed by atoms with Crippen molar-refractivity contribution in [2.75, 3.05) is 52.1 Å². The van der Waals surface area contributed by atoms with Gasteiger partial charge < -0.3 is 9.80 Å². The van der Waals surface area contributed by atoms with Crippen LogP contribution in [0.25, 0.3) is 12.2 Å².